The lowest BCUT2D eigenvalue weighted by Crippen LogP contribution is -2.60. The Labute approximate surface area is 237 Å². The third kappa shape index (κ3) is 3.38. The number of nitriles is 1. The van der Waals surface area contributed by atoms with Gasteiger partial charge in [0.2, 0.25) is 0 Å². The molecule has 206 valence electrons. The Kier molecular flexibility index (Phi) is 5.79. The van der Waals surface area contributed by atoms with E-state index in [9.17, 15) is 10.1 Å². The zero-order chi connectivity index (χ0) is 27.7. The van der Waals surface area contributed by atoms with Crippen LogP contribution in [0.1, 0.15) is 71.3 Å². The molecule has 4 aliphatic carbocycles. The van der Waals surface area contributed by atoms with E-state index in [2.05, 4.69) is 85.6 Å². The third-order valence-electron chi connectivity index (χ3n) is 11.8. The van der Waals surface area contributed by atoms with Crippen molar-refractivity contribution in [2.75, 3.05) is 5.01 Å². The largest absolute Gasteiger partial charge is 0.462 e. The van der Waals surface area contributed by atoms with Crippen LogP contribution in [0.4, 0.5) is 5.69 Å². The van der Waals surface area contributed by atoms with Crippen LogP contribution in [0, 0.1) is 45.8 Å². The summed E-state index contributed by atoms with van der Waals surface area (Å²) in [6.07, 6.45) is 9.60. The summed E-state index contributed by atoms with van der Waals surface area (Å²) in [6.45, 7) is 6.41. The van der Waals surface area contributed by atoms with Crippen LogP contribution in [0.2, 0.25) is 0 Å². The average Bonchev–Trinajstić information content (AvgIpc) is 3.44. The number of hydrogen-bond donors (Lipinski definition) is 0. The van der Waals surface area contributed by atoms with Crippen LogP contribution in [0.15, 0.2) is 77.4 Å². The number of esters is 1. The molecule has 5 heteroatoms. The summed E-state index contributed by atoms with van der Waals surface area (Å²) in [4.78, 5) is 11.7. The highest BCUT2D eigenvalue weighted by Gasteiger charge is 2.73. The minimum atomic E-state index is -0.715. The van der Waals surface area contributed by atoms with Crippen molar-refractivity contribution in [1.82, 2.24) is 0 Å². The van der Waals surface area contributed by atoms with Gasteiger partial charge >= 0.3 is 5.97 Å². The van der Waals surface area contributed by atoms with Crippen LogP contribution in [-0.4, -0.2) is 23.3 Å². The Hall–Kier alpha value is -3.39. The molecule has 3 fully saturated rings. The van der Waals surface area contributed by atoms with Crippen molar-refractivity contribution in [3.8, 4) is 6.07 Å². The molecular weight excluding hydrogens is 494 g/mol. The number of carbonyl (C=O) groups is 1. The van der Waals surface area contributed by atoms with Gasteiger partial charge in [0.15, 0.2) is 5.54 Å². The molecule has 1 aliphatic heterocycles. The number of nitrogens with zero attached hydrogens (tertiary/aromatic N) is 3. The summed E-state index contributed by atoms with van der Waals surface area (Å²) in [6, 6.07) is 23.8. The zero-order valence-corrected chi connectivity index (χ0v) is 23.8. The molecule has 2 aromatic carbocycles. The monoisotopic (exact) mass is 533 g/mol. The maximum Gasteiger partial charge on any atom is 0.302 e. The molecule has 40 heavy (non-hydrogen) atoms. The van der Waals surface area contributed by atoms with E-state index in [1.165, 1.54) is 12.5 Å². The van der Waals surface area contributed by atoms with Crippen LogP contribution < -0.4 is 5.01 Å². The second kappa shape index (κ2) is 9.06. The van der Waals surface area contributed by atoms with Gasteiger partial charge < -0.3 is 4.74 Å². The first-order chi connectivity index (χ1) is 19.3. The van der Waals surface area contributed by atoms with Crippen LogP contribution >= 0.6 is 0 Å². The number of hydrazone groups is 1. The summed E-state index contributed by atoms with van der Waals surface area (Å²) in [5.41, 5.74) is 3.95. The number of hydrogen-bond acceptors (Lipinski definition) is 5. The Bertz CT molecular complexity index is 1430. The third-order valence-corrected chi connectivity index (χ3v) is 11.8. The molecule has 5 aliphatic rings. The van der Waals surface area contributed by atoms with Crippen LogP contribution in [0.25, 0.3) is 0 Å². The van der Waals surface area contributed by atoms with Crippen molar-refractivity contribution in [3.63, 3.8) is 0 Å². The normalized spacial score (nSPS) is 39.5. The smallest absolute Gasteiger partial charge is 0.302 e. The molecule has 2 aromatic rings. The fourth-order valence-corrected chi connectivity index (χ4v) is 9.92. The SMILES string of the molecule is CC(=O)OC1CCC2(C)C(=CCC3C2CCC2(C)C3CC3C(c4ccccc4)=NN(c4ccccc4)C32C#N)C1. The minimum Gasteiger partial charge on any atom is -0.462 e. The topological polar surface area (TPSA) is 65.7 Å². The molecular formula is C35H39N3O2. The molecule has 8 atom stereocenters. The van der Waals surface area contributed by atoms with E-state index in [1.54, 1.807) is 0 Å². The Morgan fingerprint density at radius 2 is 1.75 bits per heavy atom. The van der Waals surface area contributed by atoms with Crippen molar-refractivity contribution in [3.05, 3.63) is 77.9 Å². The van der Waals surface area contributed by atoms with Gasteiger partial charge in [0.25, 0.3) is 0 Å². The Balaban J connectivity index is 1.30. The van der Waals surface area contributed by atoms with Crippen molar-refractivity contribution < 1.29 is 9.53 Å². The average molecular weight is 534 g/mol. The number of para-hydroxylation sites is 1. The van der Waals surface area contributed by atoms with E-state index in [0.717, 1.165) is 61.9 Å². The first-order valence-electron chi connectivity index (χ1n) is 15.1. The predicted octanol–water partition coefficient (Wildman–Crippen LogP) is 7.29. The lowest BCUT2D eigenvalue weighted by Gasteiger charge is -2.59. The van der Waals surface area contributed by atoms with E-state index in [0.29, 0.717) is 17.8 Å². The fourth-order valence-electron chi connectivity index (χ4n) is 9.92. The highest BCUT2D eigenvalue weighted by atomic mass is 16.5. The van der Waals surface area contributed by atoms with Crippen molar-refractivity contribution in [2.24, 2.45) is 39.6 Å². The summed E-state index contributed by atoms with van der Waals surface area (Å²) in [5.74, 6) is 1.47. The summed E-state index contributed by atoms with van der Waals surface area (Å²) >= 11 is 0. The molecule has 8 unspecified atom stereocenters. The molecule has 0 amide bonds. The van der Waals surface area contributed by atoms with Gasteiger partial charge in [-0.3, -0.25) is 4.79 Å². The second-order valence-electron chi connectivity index (χ2n) is 13.4. The standard InChI is InChI=1S/C35H39N3O2/c1-23(39)40-27-16-18-33(2)25(20-27)14-15-28-29(33)17-19-34(3)30(28)21-31-32(24-10-6-4-7-11-24)37-38(35(31,34)22-36)26-12-8-5-9-13-26/h4-14,27-31H,15-21H2,1-3H3. The lowest BCUT2D eigenvalue weighted by molar-refractivity contribution is -0.148. The number of fused-ring (bicyclic) bond motifs is 7. The molecule has 0 spiro atoms. The zero-order valence-electron chi connectivity index (χ0n) is 23.8. The number of carbonyl (C=O) groups excluding carboxylic acids is 1. The number of allylic oxidation sites excluding steroid dienone is 1. The highest BCUT2D eigenvalue weighted by Crippen LogP contribution is 2.71. The Morgan fingerprint density at radius 3 is 2.45 bits per heavy atom. The number of benzene rings is 2. The van der Waals surface area contributed by atoms with Crippen molar-refractivity contribution >= 4 is 17.4 Å². The van der Waals surface area contributed by atoms with Gasteiger partial charge in [-0.1, -0.05) is 74.0 Å². The molecule has 0 radical (unpaired) electrons. The van der Waals surface area contributed by atoms with Gasteiger partial charge in [0, 0.05) is 24.7 Å². The second-order valence-corrected chi connectivity index (χ2v) is 13.4. The first-order valence-corrected chi connectivity index (χ1v) is 15.1. The van der Waals surface area contributed by atoms with Crippen LogP contribution in [0.3, 0.4) is 0 Å². The fraction of sp³-hybridized carbons (Fsp3) is 0.514. The minimum absolute atomic E-state index is 0.0130. The molecule has 3 saturated carbocycles. The lowest BCUT2D eigenvalue weighted by atomic mass is 9.46. The van der Waals surface area contributed by atoms with Crippen molar-refractivity contribution in [2.45, 2.75) is 77.4 Å². The van der Waals surface area contributed by atoms with E-state index in [-0.39, 0.29) is 28.8 Å². The van der Waals surface area contributed by atoms with Gasteiger partial charge in [0.1, 0.15) is 6.10 Å². The van der Waals surface area contributed by atoms with Gasteiger partial charge in [-0.15, -0.1) is 0 Å². The van der Waals surface area contributed by atoms with Gasteiger partial charge in [-0.25, -0.2) is 5.01 Å². The van der Waals surface area contributed by atoms with E-state index < -0.39 is 5.54 Å². The van der Waals surface area contributed by atoms with Gasteiger partial charge in [-0.05, 0) is 79.4 Å². The predicted molar refractivity (Wildman–Crippen MR) is 156 cm³/mol. The quantitative estimate of drug-likeness (QED) is 0.307. The van der Waals surface area contributed by atoms with E-state index >= 15 is 0 Å². The van der Waals surface area contributed by atoms with E-state index in [1.807, 2.05) is 6.07 Å². The molecule has 0 bridgehead atoms. The Morgan fingerprint density at radius 1 is 1.02 bits per heavy atom. The maximum absolute atomic E-state index is 11.7. The van der Waals surface area contributed by atoms with Gasteiger partial charge in [-0.2, -0.15) is 10.4 Å². The summed E-state index contributed by atoms with van der Waals surface area (Å²) in [7, 11) is 0. The van der Waals surface area contributed by atoms with Gasteiger partial charge in [0.05, 0.1) is 17.5 Å². The maximum atomic E-state index is 11.7. The molecule has 7 rings (SSSR count). The summed E-state index contributed by atoms with van der Waals surface area (Å²) in [5, 5.41) is 18.6. The van der Waals surface area contributed by atoms with Crippen LogP contribution in [-0.2, 0) is 9.53 Å². The van der Waals surface area contributed by atoms with Crippen molar-refractivity contribution in [1.29, 1.82) is 5.26 Å². The molecule has 5 nitrogen and oxygen atoms in total. The van der Waals surface area contributed by atoms with Crippen LogP contribution in [0.5, 0.6) is 0 Å². The highest BCUT2D eigenvalue weighted by molar-refractivity contribution is 6.06. The molecule has 1 heterocycles. The first kappa shape index (κ1) is 25.6. The number of anilines is 1. The van der Waals surface area contributed by atoms with E-state index in [4.69, 9.17) is 9.84 Å². The molecule has 0 aromatic heterocycles. The number of ether oxygens (including phenoxy) is 1. The molecule has 0 N–H and O–H groups in total. The number of rotatable bonds is 3. The molecule has 0 saturated heterocycles. The summed E-state index contributed by atoms with van der Waals surface area (Å²) < 4.78 is 5.66.